The molecule has 0 aliphatic carbocycles. The Morgan fingerprint density at radius 1 is 1.24 bits per heavy atom. The van der Waals surface area contributed by atoms with Crippen molar-refractivity contribution in [1.29, 1.82) is 0 Å². The molecule has 1 aliphatic heterocycles. The predicted molar refractivity (Wildman–Crippen MR) is 80.1 cm³/mol. The molecule has 1 unspecified atom stereocenters. The minimum atomic E-state index is -0.861. The molecule has 3 N–H and O–H groups in total. The van der Waals surface area contributed by atoms with Gasteiger partial charge < -0.3 is 20.5 Å². The topological polar surface area (TPSA) is 87.7 Å². The molecule has 1 aliphatic rings. The Kier molecular flexibility index (Phi) is 6.95. The molecule has 0 saturated carbocycles. The van der Waals surface area contributed by atoms with E-state index in [0.29, 0.717) is 13.0 Å². The maximum absolute atomic E-state index is 11.8. The number of carbonyl (C=O) groups excluding carboxylic acids is 1. The fraction of sp³-hybridized carbons (Fsp3) is 0.867. The molecule has 1 atom stereocenters. The van der Waals surface area contributed by atoms with Gasteiger partial charge in [-0.3, -0.25) is 4.79 Å². The van der Waals surface area contributed by atoms with Gasteiger partial charge in [-0.1, -0.05) is 20.8 Å². The van der Waals surface area contributed by atoms with Gasteiger partial charge in [0, 0.05) is 26.3 Å². The van der Waals surface area contributed by atoms with Gasteiger partial charge in [0.15, 0.2) is 0 Å². The fourth-order valence-electron chi connectivity index (χ4n) is 2.45. The highest BCUT2D eigenvalue weighted by Gasteiger charge is 2.28. The van der Waals surface area contributed by atoms with E-state index in [4.69, 9.17) is 9.84 Å². The van der Waals surface area contributed by atoms with E-state index in [1.54, 1.807) is 0 Å². The Morgan fingerprint density at radius 2 is 1.86 bits per heavy atom. The number of hydrogen-bond donors (Lipinski definition) is 3. The molecule has 6 nitrogen and oxygen atoms in total. The van der Waals surface area contributed by atoms with E-state index in [9.17, 15) is 9.59 Å². The largest absolute Gasteiger partial charge is 0.481 e. The van der Waals surface area contributed by atoms with Crippen LogP contribution in [0.5, 0.6) is 0 Å². The quantitative estimate of drug-likeness (QED) is 0.669. The van der Waals surface area contributed by atoms with Gasteiger partial charge in [0.1, 0.15) is 0 Å². The molecule has 0 radical (unpaired) electrons. The van der Waals surface area contributed by atoms with Crippen molar-refractivity contribution in [3.8, 4) is 0 Å². The van der Waals surface area contributed by atoms with Crippen molar-refractivity contribution < 1.29 is 19.4 Å². The predicted octanol–water partition coefficient (Wildman–Crippen LogP) is 1.85. The molecular weight excluding hydrogens is 272 g/mol. The highest BCUT2D eigenvalue weighted by atomic mass is 16.5. The van der Waals surface area contributed by atoms with Crippen molar-refractivity contribution in [2.24, 2.45) is 17.3 Å². The molecule has 6 heteroatoms. The van der Waals surface area contributed by atoms with E-state index in [-0.39, 0.29) is 23.9 Å². The average Bonchev–Trinajstić information content (AvgIpc) is 2.41. The van der Waals surface area contributed by atoms with Gasteiger partial charge >= 0.3 is 12.0 Å². The van der Waals surface area contributed by atoms with Crippen LogP contribution in [0.15, 0.2) is 0 Å². The monoisotopic (exact) mass is 300 g/mol. The summed E-state index contributed by atoms with van der Waals surface area (Å²) in [5, 5.41) is 14.6. The van der Waals surface area contributed by atoms with Crippen LogP contribution in [0.4, 0.5) is 4.79 Å². The number of urea groups is 1. The zero-order chi connectivity index (χ0) is 15.9. The minimum Gasteiger partial charge on any atom is -0.481 e. The van der Waals surface area contributed by atoms with Crippen LogP contribution in [0.25, 0.3) is 0 Å². The number of nitrogens with one attached hydrogen (secondary N) is 2. The second-order valence-corrected chi connectivity index (χ2v) is 6.65. The molecule has 1 saturated heterocycles. The van der Waals surface area contributed by atoms with Crippen LogP contribution < -0.4 is 10.6 Å². The number of hydrogen-bond acceptors (Lipinski definition) is 3. The number of rotatable bonds is 7. The zero-order valence-corrected chi connectivity index (χ0v) is 13.3. The van der Waals surface area contributed by atoms with Crippen molar-refractivity contribution in [3.63, 3.8) is 0 Å². The first-order chi connectivity index (χ1) is 9.82. The molecule has 0 bridgehead atoms. The highest BCUT2D eigenvalue weighted by Crippen LogP contribution is 2.28. The molecule has 0 spiro atoms. The molecule has 122 valence electrons. The molecule has 21 heavy (non-hydrogen) atoms. The van der Waals surface area contributed by atoms with Gasteiger partial charge in [-0.15, -0.1) is 0 Å². The number of amides is 2. The van der Waals surface area contributed by atoms with Crippen molar-refractivity contribution in [2.45, 2.75) is 40.0 Å². The Labute approximate surface area is 126 Å². The third-order valence-corrected chi connectivity index (χ3v) is 3.99. The normalized spacial score (nSPS) is 19.0. The molecule has 0 aromatic rings. The number of ether oxygens (including phenoxy) is 1. The number of aliphatic carboxylic acids is 1. The summed E-state index contributed by atoms with van der Waals surface area (Å²) in [5.41, 5.74) is 0.0692. The van der Waals surface area contributed by atoms with Crippen LogP contribution in [0.2, 0.25) is 0 Å². The SMILES string of the molecule is CC(C)CC(CNC(=O)NCC1(C)CCOCC1)C(=O)O. The van der Waals surface area contributed by atoms with Gasteiger partial charge in [-0.25, -0.2) is 4.79 Å². The van der Waals surface area contributed by atoms with E-state index in [2.05, 4.69) is 17.6 Å². The van der Waals surface area contributed by atoms with Crippen molar-refractivity contribution >= 4 is 12.0 Å². The zero-order valence-electron chi connectivity index (χ0n) is 13.3. The lowest BCUT2D eigenvalue weighted by Crippen LogP contribution is -2.45. The lowest BCUT2D eigenvalue weighted by molar-refractivity contribution is -0.142. The Balaban J connectivity index is 2.30. The summed E-state index contributed by atoms with van der Waals surface area (Å²) in [6.07, 6.45) is 2.42. The summed E-state index contributed by atoms with van der Waals surface area (Å²) in [7, 11) is 0. The molecule has 0 aromatic carbocycles. The molecule has 1 heterocycles. The molecule has 2 amide bonds. The van der Waals surface area contributed by atoms with Crippen molar-refractivity contribution in [3.05, 3.63) is 0 Å². The third-order valence-electron chi connectivity index (χ3n) is 3.99. The summed E-state index contributed by atoms with van der Waals surface area (Å²) in [4.78, 5) is 22.9. The molecule has 0 aromatic heterocycles. The van der Waals surface area contributed by atoms with E-state index >= 15 is 0 Å². The van der Waals surface area contributed by atoms with Gasteiger partial charge in [-0.05, 0) is 30.6 Å². The van der Waals surface area contributed by atoms with Gasteiger partial charge in [0.2, 0.25) is 0 Å². The van der Waals surface area contributed by atoms with Crippen molar-refractivity contribution in [1.82, 2.24) is 10.6 Å². The number of carboxylic acids is 1. The Morgan fingerprint density at radius 3 is 2.38 bits per heavy atom. The summed E-state index contributed by atoms with van der Waals surface area (Å²) in [5.74, 6) is -1.10. The van der Waals surface area contributed by atoms with Crippen LogP contribution in [0, 0.1) is 17.3 Å². The maximum Gasteiger partial charge on any atom is 0.314 e. The smallest absolute Gasteiger partial charge is 0.314 e. The maximum atomic E-state index is 11.8. The van der Waals surface area contributed by atoms with Gasteiger partial charge in [0.05, 0.1) is 5.92 Å². The van der Waals surface area contributed by atoms with Crippen molar-refractivity contribution in [2.75, 3.05) is 26.3 Å². The second kappa shape index (κ2) is 8.22. The van der Waals surface area contributed by atoms with E-state index in [0.717, 1.165) is 26.1 Å². The van der Waals surface area contributed by atoms with Crippen LogP contribution in [0.1, 0.15) is 40.0 Å². The number of carbonyl (C=O) groups is 2. The number of carboxylic acid groups (broad SMARTS) is 1. The van der Waals surface area contributed by atoms with Crippen LogP contribution in [0.3, 0.4) is 0 Å². The van der Waals surface area contributed by atoms with E-state index < -0.39 is 11.9 Å². The lowest BCUT2D eigenvalue weighted by atomic mass is 9.82. The first kappa shape index (κ1) is 17.8. The first-order valence-corrected chi connectivity index (χ1v) is 7.65. The highest BCUT2D eigenvalue weighted by molar-refractivity contribution is 5.75. The van der Waals surface area contributed by atoms with Gasteiger partial charge in [0.25, 0.3) is 0 Å². The minimum absolute atomic E-state index is 0.0692. The summed E-state index contributed by atoms with van der Waals surface area (Å²) >= 11 is 0. The first-order valence-electron chi connectivity index (χ1n) is 7.65. The Hall–Kier alpha value is -1.30. The van der Waals surface area contributed by atoms with Crippen LogP contribution >= 0.6 is 0 Å². The standard InChI is InChI=1S/C15H28N2O4/c1-11(2)8-12(13(18)19)9-16-14(20)17-10-15(3)4-6-21-7-5-15/h11-12H,4-10H2,1-3H3,(H,18,19)(H2,16,17,20). The third kappa shape index (κ3) is 6.80. The van der Waals surface area contributed by atoms with Gasteiger partial charge in [-0.2, -0.15) is 0 Å². The molecule has 1 rings (SSSR count). The fourth-order valence-corrected chi connectivity index (χ4v) is 2.45. The van der Waals surface area contributed by atoms with Crippen LogP contribution in [-0.4, -0.2) is 43.4 Å². The van der Waals surface area contributed by atoms with E-state index in [1.807, 2.05) is 13.8 Å². The lowest BCUT2D eigenvalue weighted by Gasteiger charge is -2.33. The molecule has 1 fully saturated rings. The Bertz CT molecular complexity index is 352. The average molecular weight is 300 g/mol. The summed E-state index contributed by atoms with van der Waals surface area (Å²) in [6.45, 7) is 8.30. The second-order valence-electron chi connectivity index (χ2n) is 6.65. The summed E-state index contributed by atoms with van der Waals surface area (Å²) < 4.78 is 5.32. The molecular formula is C15H28N2O4. The van der Waals surface area contributed by atoms with Crippen LogP contribution in [-0.2, 0) is 9.53 Å². The summed E-state index contributed by atoms with van der Waals surface area (Å²) in [6, 6.07) is -0.294. The van der Waals surface area contributed by atoms with E-state index in [1.165, 1.54) is 0 Å².